The highest BCUT2D eigenvalue weighted by Gasteiger charge is 2.48. The summed E-state index contributed by atoms with van der Waals surface area (Å²) in [5.74, 6) is -2.64. The number of hydrogen-bond acceptors (Lipinski definition) is 3. The lowest BCUT2D eigenvalue weighted by atomic mass is 9.95. The van der Waals surface area contributed by atoms with Crippen LogP contribution in [-0.2, 0) is 9.59 Å². The van der Waals surface area contributed by atoms with E-state index in [1.54, 1.807) is 42.6 Å². The van der Waals surface area contributed by atoms with Crippen LogP contribution in [0.5, 0.6) is 0 Å². The maximum absolute atomic E-state index is 13.5. The fraction of sp³-hybridized carbons (Fsp3) is 0.429. The molecule has 2 aromatic rings. The molecule has 0 bridgehead atoms. The summed E-state index contributed by atoms with van der Waals surface area (Å²) in [7, 11) is 0. The number of anilines is 1. The molecule has 0 saturated heterocycles. The summed E-state index contributed by atoms with van der Waals surface area (Å²) < 4.78 is 40.6. The van der Waals surface area contributed by atoms with Crippen molar-refractivity contribution in [1.29, 1.82) is 0 Å². The number of nitrogens with one attached hydrogen (secondary N) is 1. The van der Waals surface area contributed by atoms with Gasteiger partial charge in [-0.05, 0) is 42.8 Å². The zero-order valence-corrected chi connectivity index (χ0v) is 16.9. The van der Waals surface area contributed by atoms with Gasteiger partial charge in [0.15, 0.2) is 6.04 Å². The van der Waals surface area contributed by atoms with E-state index in [4.69, 9.17) is 0 Å². The smallest absolute Gasteiger partial charge is 0.351 e. The van der Waals surface area contributed by atoms with Crippen LogP contribution in [0.2, 0.25) is 0 Å². The van der Waals surface area contributed by atoms with Crippen LogP contribution in [0.1, 0.15) is 48.6 Å². The van der Waals surface area contributed by atoms with Gasteiger partial charge in [0.2, 0.25) is 5.91 Å². The number of carbonyl (C=O) groups excluding carboxylic acids is 2. The molecule has 0 unspecified atom stereocenters. The van der Waals surface area contributed by atoms with Gasteiger partial charge in [0.05, 0.1) is 0 Å². The van der Waals surface area contributed by atoms with Gasteiger partial charge in [-0.25, -0.2) is 0 Å². The Morgan fingerprint density at radius 1 is 1.10 bits per heavy atom. The summed E-state index contributed by atoms with van der Waals surface area (Å²) in [6.45, 7) is 1.62. The number of amides is 2. The molecule has 1 N–H and O–H groups in total. The van der Waals surface area contributed by atoms with Crippen molar-refractivity contribution in [3.63, 3.8) is 0 Å². The molecule has 8 heteroatoms. The van der Waals surface area contributed by atoms with Crippen molar-refractivity contribution >= 4 is 28.8 Å². The highest BCUT2D eigenvalue weighted by atomic mass is 32.1. The van der Waals surface area contributed by atoms with Crippen molar-refractivity contribution in [2.24, 2.45) is 0 Å². The Bertz CT molecular complexity index is 846. The van der Waals surface area contributed by atoms with E-state index in [0.717, 1.165) is 43.4 Å². The fourth-order valence-electron chi connectivity index (χ4n) is 3.68. The fourth-order valence-corrected chi connectivity index (χ4v) is 4.50. The standard InChI is InChI=1S/C21H23F3N2O2S/c1-14-8-5-6-11-16(14)26(20(28)21(22,23)24)18(17-12-7-13-29-17)19(27)25-15-9-3-2-4-10-15/h5-8,11-13,15,18H,2-4,9-10H2,1H3,(H,25,27)/t18-/m1/s1. The lowest BCUT2D eigenvalue weighted by molar-refractivity contribution is -0.171. The molecule has 3 rings (SSSR count). The number of para-hydroxylation sites is 1. The third-order valence-electron chi connectivity index (χ3n) is 5.11. The van der Waals surface area contributed by atoms with Crippen molar-refractivity contribution in [2.75, 3.05) is 4.90 Å². The average molecular weight is 424 g/mol. The predicted octanol–water partition coefficient (Wildman–Crippen LogP) is 5.14. The van der Waals surface area contributed by atoms with E-state index < -0.39 is 24.0 Å². The highest BCUT2D eigenvalue weighted by Crippen LogP contribution is 2.36. The molecule has 0 radical (unpaired) electrons. The maximum Gasteiger partial charge on any atom is 0.471 e. The van der Waals surface area contributed by atoms with E-state index in [0.29, 0.717) is 15.3 Å². The van der Waals surface area contributed by atoms with Gasteiger partial charge in [0.25, 0.3) is 0 Å². The first-order chi connectivity index (χ1) is 13.8. The number of hydrogen-bond donors (Lipinski definition) is 1. The Kier molecular flexibility index (Phi) is 6.62. The van der Waals surface area contributed by atoms with Gasteiger partial charge >= 0.3 is 12.1 Å². The van der Waals surface area contributed by atoms with Crippen LogP contribution in [-0.4, -0.2) is 24.0 Å². The molecule has 1 saturated carbocycles. The van der Waals surface area contributed by atoms with Crippen LogP contribution in [0.15, 0.2) is 41.8 Å². The Morgan fingerprint density at radius 2 is 1.79 bits per heavy atom. The lowest BCUT2D eigenvalue weighted by Gasteiger charge is -2.33. The number of carbonyl (C=O) groups is 2. The molecule has 1 fully saturated rings. The van der Waals surface area contributed by atoms with Gasteiger partial charge < -0.3 is 5.32 Å². The Hall–Kier alpha value is -2.35. The number of aryl methyl sites for hydroxylation is 1. The molecule has 156 valence electrons. The third kappa shape index (κ3) is 4.98. The molecule has 29 heavy (non-hydrogen) atoms. The first-order valence-corrected chi connectivity index (χ1v) is 10.5. The number of benzene rings is 1. The number of halogens is 3. The second-order valence-corrected chi connectivity index (χ2v) is 8.20. The minimum Gasteiger partial charge on any atom is -0.351 e. The topological polar surface area (TPSA) is 49.4 Å². The van der Waals surface area contributed by atoms with Crippen molar-refractivity contribution in [2.45, 2.75) is 57.3 Å². The second-order valence-electron chi connectivity index (χ2n) is 7.22. The van der Waals surface area contributed by atoms with Gasteiger partial charge in [0, 0.05) is 16.6 Å². The monoisotopic (exact) mass is 424 g/mol. The number of rotatable bonds is 5. The molecule has 1 heterocycles. The SMILES string of the molecule is Cc1ccccc1N(C(=O)C(F)(F)F)[C@@H](C(=O)NC1CCCCC1)c1cccs1. The molecule has 0 aliphatic heterocycles. The largest absolute Gasteiger partial charge is 0.471 e. The van der Waals surface area contributed by atoms with Gasteiger partial charge in [-0.1, -0.05) is 43.5 Å². The van der Waals surface area contributed by atoms with Crippen molar-refractivity contribution < 1.29 is 22.8 Å². The van der Waals surface area contributed by atoms with Crippen LogP contribution >= 0.6 is 11.3 Å². The molecule has 0 spiro atoms. The highest BCUT2D eigenvalue weighted by molar-refractivity contribution is 7.10. The average Bonchev–Trinajstić information content (AvgIpc) is 3.20. The first-order valence-electron chi connectivity index (χ1n) is 9.59. The Morgan fingerprint density at radius 3 is 2.38 bits per heavy atom. The van der Waals surface area contributed by atoms with Crippen LogP contribution in [0, 0.1) is 6.92 Å². The lowest BCUT2D eigenvalue weighted by Crippen LogP contribution is -2.50. The van der Waals surface area contributed by atoms with E-state index >= 15 is 0 Å². The zero-order chi connectivity index (χ0) is 21.0. The summed E-state index contributed by atoms with van der Waals surface area (Å²) in [5.41, 5.74) is 0.559. The molecule has 1 aliphatic rings. The van der Waals surface area contributed by atoms with E-state index in [1.807, 2.05) is 0 Å². The number of alkyl halides is 3. The minimum absolute atomic E-state index is 0.0759. The van der Waals surface area contributed by atoms with Crippen LogP contribution in [0.3, 0.4) is 0 Å². The maximum atomic E-state index is 13.5. The molecule has 1 atom stereocenters. The van der Waals surface area contributed by atoms with Crippen LogP contribution in [0.25, 0.3) is 0 Å². The summed E-state index contributed by atoms with van der Waals surface area (Å²) in [5, 5.41) is 4.57. The molecule has 4 nitrogen and oxygen atoms in total. The van der Waals surface area contributed by atoms with Crippen LogP contribution < -0.4 is 10.2 Å². The van der Waals surface area contributed by atoms with Crippen molar-refractivity contribution in [1.82, 2.24) is 5.32 Å². The molecule has 1 aromatic carbocycles. The summed E-state index contributed by atoms with van der Waals surface area (Å²) in [6.07, 6.45) is -0.498. The molecule has 1 aliphatic carbocycles. The molecular weight excluding hydrogens is 401 g/mol. The quantitative estimate of drug-likeness (QED) is 0.722. The molecule has 2 amide bonds. The van der Waals surface area contributed by atoms with E-state index in [2.05, 4.69) is 5.32 Å². The van der Waals surface area contributed by atoms with Gasteiger partial charge in [0.1, 0.15) is 0 Å². The van der Waals surface area contributed by atoms with E-state index in [-0.39, 0.29) is 11.7 Å². The summed E-state index contributed by atoms with van der Waals surface area (Å²) >= 11 is 1.16. The Labute approximate surface area is 171 Å². The van der Waals surface area contributed by atoms with Crippen molar-refractivity contribution in [3.05, 3.63) is 52.2 Å². The number of nitrogens with zero attached hydrogens (tertiary/aromatic N) is 1. The van der Waals surface area contributed by atoms with Crippen LogP contribution in [0.4, 0.5) is 18.9 Å². The second kappa shape index (κ2) is 8.98. The van der Waals surface area contributed by atoms with E-state index in [9.17, 15) is 22.8 Å². The molecular formula is C21H23F3N2O2S. The third-order valence-corrected chi connectivity index (χ3v) is 6.03. The minimum atomic E-state index is -5.11. The predicted molar refractivity (Wildman–Crippen MR) is 107 cm³/mol. The van der Waals surface area contributed by atoms with Gasteiger partial charge in [-0.15, -0.1) is 11.3 Å². The zero-order valence-electron chi connectivity index (χ0n) is 16.0. The molecule has 1 aromatic heterocycles. The summed E-state index contributed by atoms with van der Waals surface area (Å²) in [4.78, 5) is 26.7. The normalized spacial score (nSPS) is 16.3. The first kappa shape index (κ1) is 21.4. The Balaban J connectivity index is 2.04. The van der Waals surface area contributed by atoms with E-state index in [1.165, 1.54) is 6.07 Å². The van der Waals surface area contributed by atoms with Gasteiger partial charge in [-0.3, -0.25) is 14.5 Å². The van der Waals surface area contributed by atoms with Gasteiger partial charge in [-0.2, -0.15) is 13.2 Å². The summed E-state index contributed by atoms with van der Waals surface area (Å²) in [6, 6.07) is 8.08. The number of thiophene rings is 1. The van der Waals surface area contributed by atoms with Crippen molar-refractivity contribution in [3.8, 4) is 0 Å².